The summed E-state index contributed by atoms with van der Waals surface area (Å²) in [6.45, 7) is 1.67. The van der Waals surface area contributed by atoms with E-state index in [9.17, 15) is 20.6 Å². The van der Waals surface area contributed by atoms with Gasteiger partial charge in [0.1, 0.15) is 34.9 Å². The van der Waals surface area contributed by atoms with Gasteiger partial charge in [-0.2, -0.15) is 5.26 Å². The van der Waals surface area contributed by atoms with Crippen LogP contribution >= 0.6 is 11.6 Å². The fourth-order valence-electron chi connectivity index (χ4n) is 2.80. The summed E-state index contributed by atoms with van der Waals surface area (Å²) in [6, 6.07) is 1.44. The monoisotopic (exact) mass is 308 g/mol. The molecule has 0 unspecified atom stereocenters. The van der Waals surface area contributed by atoms with Crippen molar-refractivity contribution in [3.05, 3.63) is 22.7 Å². The average molecular weight is 309 g/mol. The standard InChI is InChI=1S/C13H13ClN4O3/c1-5-16-12(14)9-6(3-15)4-18(13(9)17-5)7-2-8(19)11(21)10(7)20/h4,7-8,10-11,19-21H,2H2,1H3/t7-,8+,10+,11-/m1/s1. The molecule has 0 radical (unpaired) electrons. The quantitative estimate of drug-likeness (QED) is 0.652. The molecule has 1 aliphatic carbocycles. The van der Waals surface area contributed by atoms with Gasteiger partial charge >= 0.3 is 0 Å². The largest absolute Gasteiger partial charge is 0.390 e. The lowest BCUT2D eigenvalue weighted by atomic mass is 10.2. The van der Waals surface area contributed by atoms with Crippen LogP contribution in [0, 0.1) is 18.3 Å². The highest BCUT2D eigenvalue weighted by Gasteiger charge is 2.42. The minimum absolute atomic E-state index is 0.164. The number of aromatic nitrogens is 3. The highest BCUT2D eigenvalue weighted by Crippen LogP contribution is 2.36. The third-order valence-electron chi connectivity index (χ3n) is 3.84. The summed E-state index contributed by atoms with van der Waals surface area (Å²) in [5, 5.41) is 39.3. The van der Waals surface area contributed by atoms with Gasteiger partial charge in [-0.15, -0.1) is 0 Å². The van der Waals surface area contributed by atoms with E-state index in [1.807, 2.05) is 6.07 Å². The van der Waals surface area contributed by atoms with Crippen molar-refractivity contribution in [3.8, 4) is 6.07 Å². The maximum atomic E-state index is 10.1. The number of nitriles is 1. The second-order valence-corrected chi connectivity index (χ2v) is 5.53. The molecule has 1 saturated carbocycles. The first kappa shape index (κ1) is 14.2. The Morgan fingerprint density at radius 2 is 2.05 bits per heavy atom. The summed E-state index contributed by atoms with van der Waals surface area (Å²) in [7, 11) is 0. The maximum Gasteiger partial charge on any atom is 0.146 e. The Bertz CT molecular complexity index is 754. The van der Waals surface area contributed by atoms with E-state index >= 15 is 0 Å². The highest BCUT2D eigenvalue weighted by molar-refractivity contribution is 6.34. The lowest BCUT2D eigenvalue weighted by Gasteiger charge is -2.18. The number of hydrogen-bond acceptors (Lipinski definition) is 6. The molecule has 0 aliphatic heterocycles. The lowest BCUT2D eigenvalue weighted by Crippen LogP contribution is -2.31. The molecule has 4 atom stereocenters. The molecule has 1 fully saturated rings. The molecule has 0 bridgehead atoms. The molecular formula is C13H13ClN4O3. The number of halogens is 1. The third kappa shape index (κ3) is 2.08. The SMILES string of the molecule is Cc1nc(Cl)c2c(C#N)cn([C@@H]3C[C@H](O)[C@@H](O)[C@H]3O)c2n1. The topological polar surface area (TPSA) is 115 Å². The first-order valence-electron chi connectivity index (χ1n) is 6.43. The first-order chi connectivity index (χ1) is 9.93. The fourth-order valence-corrected chi connectivity index (χ4v) is 3.11. The minimum atomic E-state index is -1.23. The van der Waals surface area contributed by atoms with Crippen molar-refractivity contribution in [1.29, 1.82) is 5.26 Å². The predicted molar refractivity (Wildman–Crippen MR) is 73.7 cm³/mol. The van der Waals surface area contributed by atoms with Crippen LogP contribution in [-0.4, -0.2) is 48.2 Å². The zero-order valence-electron chi connectivity index (χ0n) is 11.1. The van der Waals surface area contributed by atoms with Crippen molar-refractivity contribution in [1.82, 2.24) is 14.5 Å². The number of aliphatic hydroxyl groups excluding tert-OH is 3. The molecule has 0 amide bonds. The van der Waals surface area contributed by atoms with Crippen LogP contribution in [-0.2, 0) is 0 Å². The minimum Gasteiger partial charge on any atom is -0.390 e. The van der Waals surface area contributed by atoms with Crippen LogP contribution in [0.4, 0.5) is 0 Å². The highest BCUT2D eigenvalue weighted by atomic mass is 35.5. The smallest absolute Gasteiger partial charge is 0.146 e. The van der Waals surface area contributed by atoms with E-state index in [2.05, 4.69) is 9.97 Å². The number of rotatable bonds is 1. The predicted octanol–water partition coefficient (Wildman–Crippen LogP) is 0.292. The molecule has 0 saturated heterocycles. The van der Waals surface area contributed by atoms with Gasteiger partial charge in [-0.1, -0.05) is 11.6 Å². The van der Waals surface area contributed by atoms with Gasteiger partial charge in [0, 0.05) is 6.20 Å². The van der Waals surface area contributed by atoms with Gasteiger partial charge < -0.3 is 19.9 Å². The summed E-state index contributed by atoms with van der Waals surface area (Å²) in [5.74, 6) is 0.435. The summed E-state index contributed by atoms with van der Waals surface area (Å²) in [5.41, 5.74) is 0.701. The molecule has 3 rings (SSSR count). The molecular weight excluding hydrogens is 296 g/mol. The van der Waals surface area contributed by atoms with Gasteiger partial charge in [0.15, 0.2) is 0 Å². The number of nitrogens with zero attached hydrogens (tertiary/aromatic N) is 4. The average Bonchev–Trinajstić information content (AvgIpc) is 2.92. The Labute approximate surface area is 125 Å². The molecule has 110 valence electrons. The molecule has 7 nitrogen and oxygen atoms in total. The van der Waals surface area contributed by atoms with E-state index in [1.165, 1.54) is 6.20 Å². The zero-order valence-corrected chi connectivity index (χ0v) is 11.9. The molecule has 2 heterocycles. The molecule has 3 N–H and O–H groups in total. The van der Waals surface area contributed by atoms with Crippen LogP contribution < -0.4 is 0 Å². The van der Waals surface area contributed by atoms with Gasteiger partial charge in [-0.25, -0.2) is 9.97 Å². The van der Waals surface area contributed by atoms with Crippen LogP contribution in [0.3, 0.4) is 0 Å². The summed E-state index contributed by atoms with van der Waals surface area (Å²) < 4.78 is 1.58. The Morgan fingerprint density at radius 1 is 1.33 bits per heavy atom. The molecule has 21 heavy (non-hydrogen) atoms. The van der Waals surface area contributed by atoms with E-state index in [4.69, 9.17) is 11.6 Å². The Balaban J connectivity index is 2.23. The van der Waals surface area contributed by atoms with Gasteiger partial charge in [0.25, 0.3) is 0 Å². The van der Waals surface area contributed by atoms with Crippen LogP contribution in [0.5, 0.6) is 0 Å². The van der Waals surface area contributed by atoms with Crippen molar-refractivity contribution in [2.24, 2.45) is 0 Å². The summed E-state index contributed by atoms with van der Waals surface area (Å²) in [4.78, 5) is 8.30. The van der Waals surface area contributed by atoms with Crippen molar-refractivity contribution < 1.29 is 15.3 Å². The summed E-state index contributed by atoms with van der Waals surface area (Å²) in [6.07, 6.45) is -1.71. The van der Waals surface area contributed by atoms with Crippen molar-refractivity contribution >= 4 is 22.6 Å². The second-order valence-electron chi connectivity index (χ2n) is 5.17. The van der Waals surface area contributed by atoms with Crippen molar-refractivity contribution in [3.63, 3.8) is 0 Å². The molecule has 2 aromatic heterocycles. The third-order valence-corrected chi connectivity index (χ3v) is 4.11. The van der Waals surface area contributed by atoms with Crippen molar-refractivity contribution in [2.45, 2.75) is 37.7 Å². The normalized spacial score (nSPS) is 29.0. The number of aryl methyl sites for hydroxylation is 1. The van der Waals surface area contributed by atoms with E-state index in [0.717, 1.165) is 0 Å². The molecule has 0 spiro atoms. The zero-order chi connectivity index (χ0) is 15.3. The first-order valence-corrected chi connectivity index (χ1v) is 6.80. The molecule has 2 aromatic rings. The van der Waals surface area contributed by atoms with Crippen LogP contribution in [0.15, 0.2) is 6.20 Å². The van der Waals surface area contributed by atoms with Crippen molar-refractivity contribution in [2.75, 3.05) is 0 Å². The number of fused-ring (bicyclic) bond motifs is 1. The Hall–Kier alpha value is -1.72. The molecule has 8 heteroatoms. The van der Waals surface area contributed by atoms with E-state index < -0.39 is 24.4 Å². The van der Waals surface area contributed by atoms with Gasteiger partial charge in [0.05, 0.1) is 23.1 Å². The van der Waals surface area contributed by atoms with Crippen LogP contribution in [0.2, 0.25) is 5.15 Å². The molecule has 1 aliphatic rings. The fraction of sp³-hybridized carbons (Fsp3) is 0.462. The number of aliphatic hydroxyl groups is 3. The van der Waals surface area contributed by atoms with E-state index in [0.29, 0.717) is 16.9 Å². The second kappa shape index (κ2) is 4.93. The Morgan fingerprint density at radius 3 is 2.62 bits per heavy atom. The van der Waals surface area contributed by atoms with Gasteiger partial charge in [-0.3, -0.25) is 0 Å². The van der Waals surface area contributed by atoms with Gasteiger partial charge in [0.2, 0.25) is 0 Å². The summed E-state index contributed by atoms with van der Waals surface area (Å²) >= 11 is 6.08. The maximum absolute atomic E-state index is 10.1. The van der Waals surface area contributed by atoms with E-state index in [1.54, 1.807) is 11.5 Å². The van der Waals surface area contributed by atoms with Crippen LogP contribution in [0.1, 0.15) is 23.9 Å². The lowest BCUT2D eigenvalue weighted by molar-refractivity contribution is -0.0244. The van der Waals surface area contributed by atoms with Gasteiger partial charge in [-0.05, 0) is 13.3 Å². The number of hydrogen-bond donors (Lipinski definition) is 3. The Kier molecular flexibility index (Phi) is 3.34. The molecule has 0 aromatic carbocycles. The van der Waals surface area contributed by atoms with Crippen LogP contribution in [0.25, 0.3) is 11.0 Å². The van der Waals surface area contributed by atoms with E-state index in [-0.39, 0.29) is 17.1 Å².